The van der Waals surface area contributed by atoms with E-state index in [1.165, 1.54) is 6.39 Å². The van der Waals surface area contributed by atoms with Crippen LogP contribution < -0.4 is 0 Å². The van der Waals surface area contributed by atoms with Crippen molar-refractivity contribution in [1.82, 2.24) is 4.98 Å². The van der Waals surface area contributed by atoms with Crippen LogP contribution in [0.4, 0.5) is 0 Å². The summed E-state index contributed by atoms with van der Waals surface area (Å²) in [6.07, 6.45) is 1.32. The molecule has 0 spiro atoms. The van der Waals surface area contributed by atoms with E-state index in [1.807, 2.05) is 0 Å². The molecule has 4 heteroatoms. The minimum atomic E-state index is 0.440. The molecule has 0 saturated carbocycles. The Bertz CT molecular complexity index is 252. The third kappa shape index (κ3) is 1.00. The maximum Gasteiger partial charge on any atom is 0.181 e. The molecule has 10 heavy (non-hydrogen) atoms. The van der Waals surface area contributed by atoms with Crippen LogP contribution in [0.1, 0.15) is 18.4 Å². The Labute approximate surface area is 58.2 Å². The molecule has 54 valence electrons. The van der Waals surface area contributed by atoms with Crippen LogP contribution in [0.5, 0.6) is 0 Å². The van der Waals surface area contributed by atoms with Gasteiger partial charge in [0.1, 0.15) is 5.71 Å². The van der Waals surface area contributed by atoms with Crippen LogP contribution in [0.25, 0.3) is 0 Å². The number of hydrogen-bond donors (Lipinski definition) is 1. The molecule has 0 amide bonds. The van der Waals surface area contributed by atoms with Crippen molar-refractivity contribution >= 4 is 5.71 Å². The van der Waals surface area contributed by atoms with Gasteiger partial charge in [0.2, 0.25) is 0 Å². The lowest BCUT2D eigenvalue weighted by atomic mass is 10.3. The number of hydrogen-bond acceptors (Lipinski definition) is 4. The fraction of sp³-hybridized carbons (Fsp3) is 0.333. The molecule has 1 N–H and O–H groups in total. The third-order valence-electron chi connectivity index (χ3n) is 1.22. The maximum atomic E-state index is 8.33. The Morgan fingerprint density at radius 3 is 2.90 bits per heavy atom. The second-order valence-electron chi connectivity index (χ2n) is 1.95. The lowest BCUT2D eigenvalue weighted by molar-refractivity contribution is 0.317. The molecule has 0 fully saturated rings. The van der Waals surface area contributed by atoms with E-state index in [2.05, 4.69) is 10.1 Å². The number of nitrogens with zero attached hydrogens (tertiary/aromatic N) is 2. The van der Waals surface area contributed by atoms with Gasteiger partial charge < -0.3 is 9.62 Å². The molecule has 0 bridgehead atoms. The molecule has 1 aromatic rings. The van der Waals surface area contributed by atoms with E-state index in [1.54, 1.807) is 13.8 Å². The molecule has 1 aromatic heterocycles. The van der Waals surface area contributed by atoms with Gasteiger partial charge in [-0.3, -0.25) is 0 Å². The third-order valence-corrected chi connectivity index (χ3v) is 1.22. The van der Waals surface area contributed by atoms with Crippen LogP contribution in [0.3, 0.4) is 0 Å². The molecule has 0 radical (unpaired) electrons. The number of oxazole rings is 1. The van der Waals surface area contributed by atoms with E-state index in [0.29, 0.717) is 11.5 Å². The van der Waals surface area contributed by atoms with Crippen molar-refractivity contribution in [2.45, 2.75) is 13.8 Å². The molecule has 0 atom stereocenters. The summed E-state index contributed by atoms with van der Waals surface area (Å²) in [4.78, 5) is 3.83. The molecule has 4 nitrogen and oxygen atoms in total. The lowest BCUT2D eigenvalue weighted by Gasteiger charge is -1.90. The largest absolute Gasteiger partial charge is 0.442 e. The Hall–Kier alpha value is -1.32. The van der Waals surface area contributed by atoms with Gasteiger partial charge in [-0.1, -0.05) is 5.16 Å². The number of oxime groups is 1. The van der Waals surface area contributed by atoms with Crippen molar-refractivity contribution in [2.75, 3.05) is 0 Å². The monoisotopic (exact) mass is 140 g/mol. The van der Waals surface area contributed by atoms with E-state index in [-0.39, 0.29) is 0 Å². The lowest BCUT2D eigenvalue weighted by Crippen LogP contribution is -1.94. The highest BCUT2D eigenvalue weighted by atomic mass is 16.4. The zero-order valence-electron chi connectivity index (χ0n) is 5.83. The van der Waals surface area contributed by atoms with Crippen molar-refractivity contribution in [1.29, 1.82) is 0 Å². The molecule has 0 saturated heterocycles. The Kier molecular flexibility index (Phi) is 1.71. The van der Waals surface area contributed by atoms with Gasteiger partial charge in [0.15, 0.2) is 12.2 Å². The average molecular weight is 140 g/mol. The second-order valence-corrected chi connectivity index (χ2v) is 1.95. The second kappa shape index (κ2) is 2.51. The predicted octanol–water partition coefficient (Wildman–Crippen LogP) is 1.18. The molecule has 0 aliphatic carbocycles. The molecular formula is C6H8N2O2. The van der Waals surface area contributed by atoms with E-state index >= 15 is 0 Å². The summed E-state index contributed by atoms with van der Waals surface area (Å²) in [7, 11) is 0. The zero-order valence-corrected chi connectivity index (χ0v) is 5.83. The first kappa shape index (κ1) is 6.80. The maximum absolute atomic E-state index is 8.33. The zero-order chi connectivity index (χ0) is 7.56. The van der Waals surface area contributed by atoms with Gasteiger partial charge in [-0.25, -0.2) is 4.98 Å². The Morgan fingerprint density at radius 1 is 1.80 bits per heavy atom. The summed E-state index contributed by atoms with van der Waals surface area (Å²) in [5.74, 6) is 0.530. The topological polar surface area (TPSA) is 58.6 Å². The summed E-state index contributed by atoms with van der Waals surface area (Å²) >= 11 is 0. The fourth-order valence-electron chi connectivity index (χ4n) is 0.695. The molecule has 0 aromatic carbocycles. The van der Waals surface area contributed by atoms with Crippen LogP contribution in [-0.4, -0.2) is 15.9 Å². The molecule has 1 heterocycles. The van der Waals surface area contributed by atoms with Crippen molar-refractivity contribution in [3.8, 4) is 0 Å². The molecular weight excluding hydrogens is 132 g/mol. The van der Waals surface area contributed by atoms with Crippen molar-refractivity contribution < 1.29 is 9.62 Å². The first-order valence-corrected chi connectivity index (χ1v) is 2.85. The van der Waals surface area contributed by atoms with Gasteiger partial charge in [-0.15, -0.1) is 0 Å². The molecule has 1 rings (SSSR count). The number of aryl methyl sites for hydroxylation is 1. The van der Waals surface area contributed by atoms with E-state index < -0.39 is 0 Å². The summed E-state index contributed by atoms with van der Waals surface area (Å²) in [5, 5.41) is 11.3. The van der Waals surface area contributed by atoms with Crippen molar-refractivity contribution in [2.24, 2.45) is 5.16 Å². The highest BCUT2D eigenvalue weighted by Gasteiger charge is 2.05. The standard InChI is InChI=1S/C6H8N2O2/c1-4-6(5(2)8-9)10-3-7-4/h3,9H,1-2H3/b8-5+. The smallest absolute Gasteiger partial charge is 0.181 e. The summed E-state index contributed by atoms with van der Waals surface area (Å²) in [6, 6.07) is 0. The number of rotatable bonds is 1. The van der Waals surface area contributed by atoms with E-state index in [0.717, 1.165) is 5.69 Å². The van der Waals surface area contributed by atoms with Gasteiger partial charge >= 0.3 is 0 Å². The van der Waals surface area contributed by atoms with Crippen LogP contribution in [0.2, 0.25) is 0 Å². The van der Waals surface area contributed by atoms with Crippen LogP contribution >= 0.6 is 0 Å². The van der Waals surface area contributed by atoms with Gasteiger partial charge in [0.25, 0.3) is 0 Å². The van der Waals surface area contributed by atoms with Crippen molar-refractivity contribution in [3.05, 3.63) is 17.8 Å². The average Bonchev–Trinajstić information content (AvgIpc) is 2.34. The van der Waals surface area contributed by atoms with Crippen LogP contribution in [-0.2, 0) is 0 Å². The van der Waals surface area contributed by atoms with E-state index in [9.17, 15) is 0 Å². The highest BCUT2D eigenvalue weighted by Crippen LogP contribution is 2.05. The normalized spacial score (nSPS) is 12.0. The van der Waals surface area contributed by atoms with Crippen LogP contribution in [0, 0.1) is 6.92 Å². The first-order chi connectivity index (χ1) is 4.75. The molecule has 0 unspecified atom stereocenters. The fourth-order valence-corrected chi connectivity index (χ4v) is 0.695. The quantitative estimate of drug-likeness (QED) is 0.362. The summed E-state index contributed by atoms with van der Waals surface area (Å²) < 4.78 is 4.92. The minimum Gasteiger partial charge on any atom is -0.442 e. The number of aromatic nitrogens is 1. The van der Waals surface area contributed by atoms with Gasteiger partial charge in [-0.2, -0.15) is 0 Å². The van der Waals surface area contributed by atoms with Crippen molar-refractivity contribution in [3.63, 3.8) is 0 Å². The highest BCUT2D eigenvalue weighted by molar-refractivity contribution is 5.96. The predicted molar refractivity (Wildman–Crippen MR) is 35.2 cm³/mol. The van der Waals surface area contributed by atoms with Gasteiger partial charge in [0, 0.05) is 0 Å². The molecule has 0 aliphatic heterocycles. The van der Waals surface area contributed by atoms with Gasteiger partial charge in [0.05, 0.1) is 5.69 Å². The SMILES string of the molecule is C/C(=N\O)c1ocnc1C. The summed E-state index contributed by atoms with van der Waals surface area (Å²) in [5.41, 5.74) is 1.17. The summed E-state index contributed by atoms with van der Waals surface area (Å²) in [6.45, 7) is 3.43. The van der Waals surface area contributed by atoms with Gasteiger partial charge in [-0.05, 0) is 13.8 Å². The Balaban J connectivity index is 3.05. The van der Waals surface area contributed by atoms with Crippen LogP contribution in [0.15, 0.2) is 16.0 Å². The first-order valence-electron chi connectivity index (χ1n) is 2.85. The molecule has 0 aliphatic rings. The van der Waals surface area contributed by atoms with E-state index in [4.69, 9.17) is 9.62 Å². The Morgan fingerprint density at radius 2 is 2.50 bits per heavy atom. The minimum absolute atomic E-state index is 0.440.